The van der Waals surface area contributed by atoms with Crippen molar-refractivity contribution in [3.05, 3.63) is 29.3 Å². The molecule has 0 unspecified atom stereocenters. The fraction of sp³-hybridized carbons (Fsp3) is 0.455. The number of ether oxygens (including phenoxy) is 2. The summed E-state index contributed by atoms with van der Waals surface area (Å²) in [5.74, 6) is -0.170. The number of halogens is 5. The van der Waals surface area contributed by atoms with E-state index in [1.54, 1.807) is 12.1 Å². The van der Waals surface area contributed by atoms with Crippen molar-refractivity contribution >= 4 is 31.9 Å². The van der Waals surface area contributed by atoms with Crippen LogP contribution in [0, 0.1) is 0 Å². The highest BCUT2D eigenvalue weighted by Crippen LogP contribution is 2.58. The Morgan fingerprint density at radius 2 is 1.78 bits per heavy atom. The average Bonchev–Trinajstić information content (AvgIpc) is 2.76. The molecule has 0 radical (unpaired) electrons. The van der Waals surface area contributed by atoms with Gasteiger partial charge in [-0.3, -0.25) is 0 Å². The van der Waals surface area contributed by atoms with Crippen LogP contribution in [-0.4, -0.2) is 16.0 Å². The molecule has 0 saturated carbocycles. The first kappa shape index (κ1) is 12.7. The fourth-order valence-corrected chi connectivity index (χ4v) is 3.79. The van der Waals surface area contributed by atoms with E-state index < -0.39 is 12.5 Å². The Labute approximate surface area is 118 Å². The zero-order valence-electron chi connectivity index (χ0n) is 8.75. The predicted molar refractivity (Wildman–Crippen MR) is 65.1 cm³/mol. The molecule has 4 atom stereocenters. The minimum Gasteiger partial charge on any atom is -0.405 e. The second kappa shape index (κ2) is 4.11. The highest BCUT2D eigenvalue weighted by atomic mass is 79.9. The molecule has 3 rings (SSSR count). The second-order valence-corrected chi connectivity index (χ2v) is 6.29. The third-order valence-electron chi connectivity index (χ3n) is 3.09. The minimum absolute atomic E-state index is 0.0520. The van der Waals surface area contributed by atoms with Gasteiger partial charge in [-0.25, -0.2) is 0 Å². The van der Waals surface area contributed by atoms with Crippen LogP contribution in [0.3, 0.4) is 0 Å². The summed E-state index contributed by atoms with van der Waals surface area (Å²) in [6.07, 6.45) is -5.33. The first-order valence-electron chi connectivity index (χ1n) is 5.20. The second-order valence-electron chi connectivity index (χ2n) is 4.17. The van der Waals surface area contributed by atoms with Crippen LogP contribution >= 0.6 is 31.9 Å². The molecule has 98 valence electrons. The van der Waals surface area contributed by atoms with E-state index in [0.717, 1.165) is 5.56 Å². The van der Waals surface area contributed by atoms with Gasteiger partial charge in [-0.05, 0) is 11.6 Å². The van der Waals surface area contributed by atoms with Crippen LogP contribution in [0.25, 0.3) is 0 Å². The van der Waals surface area contributed by atoms with Crippen molar-refractivity contribution in [1.29, 1.82) is 0 Å². The number of alkyl halides is 5. The Bertz CT molecular complexity index is 492. The lowest BCUT2D eigenvalue weighted by Crippen LogP contribution is -2.24. The van der Waals surface area contributed by atoms with Crippen LogP contribution < -0.4 is 4.74 Å². The van der Waals surface area contributed by atoms with Crippen LogP contribution in [0.5, 0.6) is 5.75 Å². The molecule has 2 aliphatic heterocycles. The first-order chi connectivity index (χ1) is 8.38. The molecule has 1 fully saturated rings. The molecular weight excluding hydrogens is 381 g/mol. The van der Waals surface area contributed by atoms with Gasteiger partial charge in [0.05, 0.1) is 15.8 Å². The first-order valence-corrected chi connectivity index (χ1v) is 7.04. The van der Waals surface area contributed by atoms with E-state index in [1.807, 2.05) is 0 Å². The van der Waals surface area contributed by atoms with E-state index in [2.05, 4.69) is 36.6 Å². The van der Waals surface area contributed by atoms with Crippen LogP contribution in [0.15, 0.2) is 18.2 Å². The maximum absolute atomic E-state index is 12.3. The van der Waals surface area contributed by atoms with Gasteiger partial charge in [-0.1, -0.05) is 44.0 Å². The smallest absolute Gasteiger partial charge is 0.405 e. The van der Waals surface area contributed by atoms with Gasteiger partial charge in [0.15, 0.2) is 0 Å². The monoisotopic (exact) mass is 386 g/mol. The van der Waals surface area contributed by atoms with Crippen molar-refractivity contribution in [2.45, 2.75) is 28.2 Å². The molecule has 0 spiro atoms. The van der Waals surface area contributed by atoms with E-state index in [1.165, 1.54) is 6.07 Å². The van der Waals surface area contributed by atoms with Crippen LogP contribution in [-0.2, 0) is 4.74 Å². The molecule has 2 nitrogen and oxygen atoms in total. The molecule has 1 aromatic carbocycles. The van der Waals surface area contributed by atoms with E-state index >= 15 is 0 Å². The van der Waals surface area contributed by atoms with Crippen molar-refractivity contribution in [2.24, 2.45) is 0 Å². The van der Waals surface area contributed by atoms with Gasteiger partial charge in [0, 0.05) is 5.56 Å². The molecule has 2 bridgehead atoms. The standard InChI is InChI=1S/C11H7Br2F3O2/c12-7-8(13)10-6-4(9(7)17-10)2-1-3-5(6)18-11(14,15)16/h1-3,7-10H/t7-,8-,9+,10-/m1/s1. The molecule has 0 amide bonds. The summed E-state index contributed by atoms with van der Waals surface area (Å²) in [4.78, 5) is -0.0101. The molecule has 0 aliphatic carbocycles. The van der Waals surface area contributed by atoms with Crippen LogP contribution in [0.2, 0.25) is 0 Å². The molecular formula is C11H7Br2F3O2. The van der Waals surface area contributed by atoms with Gasteiger partial charge >= 0.3 is 6.36 Å². The molecule has 2 aliphatic rings. The Morgan fingerprint density at radius 1 is 1.11 bits per heavy atom. The summed E-state index contributed by atoms with van der Waals surface area (Å²) in [6.45, 7) is 0. The number of fused-ring (bicyclic) bond motifs is 5. The van der Waals surface area contributed by atoms with Gasteiger partial charge < -0.3 is 9.47 Å². The molecule has 0 N–H and O–H groups in total. The topological polar surface area (TPSA) is 18.5 Å². The number of benzene rings is 1. The molecule has 2 heterocycles. The molecule has 0 aromatic heterocycles. The summed E-state index contributed by atoms with van der Waals surface area (Å²) in [7, 11) is 0. The number of rotatable bonds is 1. The highest BCUT2D eigenvalue weighted by Gasteiger charge is 2.52. The van der Waals surface area contributed by atoms with Crippen molar-refractivity contribution in [3.8, 4) is 5.75 Å². The summed E-state index contributed by atoms with van der Waals surface area (Å²) in [5.41, 5.74) is 1.26. The average molecular weight is 388 g/mol. The van der Waals surface area contributed by atoms with Crippen molar-refractivity contribution in [1.82, 2.24) is 0 Å². The lowest BCUT2D eigenvalue weighted by Gasteiger charge is -2.23. The fourth-order valence-electron chi connectivity index (χ4n) is 2.44. The van der Waals surface area contributed by atoms with Gasteiger partial charge in [-0.2, -0.15) is 0 Å². The zero-order valence-corrected chi connectivity index (χ0v) is 11.9. The molecule has 18 heavy (non-hydrogen) atoms. The van der Waals surface area contributed by atoms with Gasteiger partial charge in [-0.15, -0.1) is 13.2 Å². The van der Waals surface area contributed by atoms with Crippen LogP contribution in [0.1, 0.15) is 23.3 Å². The third-order valence-corrected chi connectivity index (χ3v) is 5.90. The Hall–Kier alpha value is -0.270. The Morgan fingerprint density at radius 3 is 2.44 bits per heavy atom. The Kier molecular flexibility index (Phi) is 2.91. The Balaban J connectivity index is 2.05. The van der Waals surface area contributed by atoms with Crippen molar-refractivity contribution < 1.29 is 22.6 Å². The molecule has 1 saturated heterocycles. The minimum atomic E-state index is -4.69. The van der Waals surface area contributed by atoms with E-state index in [0.29, 0.717) is 5.56 Å². The van der Waals surface area contributed by atoms with Crippen molar-refractivity contribution in [2.75, 3.05) is 0 Å². The lowest BCUT2D eigenvalue weighted by atomic mass is 9.91. The quantitative estimate of drug-likeness (QED) is 0.671. The highest BCUT2D eigenvalue weighted by molar-refractivity contribution is 9.12. The summed E-state index contributed by atoms with van der Waals surface area (Å²) >= 11 is 6.92. The predicted octanol–water partition coefficient (Wildman–Crippen LogP) is 4.24. The summed E-state index contributed by atoms with van der Waals surface area (Å²) < 4.78 is 46.8. The van der Waals surface area contributed by atoms with E-state index in [-0.39, 0.29) is 21.5 Å². The number of hydrogen-bond donors (Lipinski definition) is 0. The zero-order chi connectivity index (χ0) is 13.1. The SMILES string of the molecule is FC(F)(F)Oc1cccc2c1[C@H]1O[C@@H]2[C@H](Br)[C@H]1Br. The van der Waals surface area contributed by atoms with Crippen LogP contribution in [0.4, 0.5) is 13.2 Å². The summed E-state index contributed by atoms with van der Waals surface area (Å²) in [6, 6.07) is 4.64. The third kappa shape index (κ3) is 1.87. The summed E-state index contributed by atoms with van der Waals surface area (Å²) in [5, 5.41) is 0. The van der Waals surface area contributed by atoms with E-state index in [9.17, 15) is 13.2 Å². The number of hydrogen-bond acceptors (Lipinski definition) is 2. The maximum atomic E-state index is 12.3. The lowest BCUT2D eigenvalue weighted by molar-refractivity contribution is -0.275. The van der Waals surface area contributed by atoms with Gasteiger partial charge in [0.2, 0.25) is 0 Å². The molecule has 7 heteroatoms. The van der Waals surface area contributed by atoms with E-state index in [4.69, 9.17) is 4.74 Å². The normalized spacial score (nSPS) is 33.6. The maximum Gasteiger partial charge on any atom is 0.573 e. The van der Waals surface area contributed by atoms with Crippen molar-refractivity contribution in [3.63, 3.8) is 0 Å². The molecule has 1 aromatic rings. The van der Waals surface area contributed by atoms with Gasteiger partial charge in [0.1, 0.15) is 11.9 Å². The largest absolute Gasteiger partial charge is 0.573 e. The van der Waals surface area contributed by atoms with Gasteiger partial charge in [0.25, 0.3) is 0 Å².